The van der Waals surface area contributed by atoms with E-state index in [9.17, 15) is 13.2 Å². The summed E-state index contributed by atoms with van der Waals surface area (Å²) in [5.41, 5.74) is 0.866. The molecule has 0 aromatic heterocycles. The van der Waals surface area contributed by atoms with Crippen LogP contribution in [0.1, 0.15) is 19.4 Å². The van der Waals surface area contributed by atoms with Crippen molar-refractivity contribution < 1.29 is 22.7 Å². The van der Waals surface area contributed by atoms with E-state index in [1.54, 1.807) is 49.5 Å². The Kier molecular flexibility index (Phi) is 5.25. The molecule has 0 spiro atoms. The molecule has 1 aliphatic heterocycles. The van der Waals surface area contributed by atoms with Crippen molar-refractivity contribution >= 4 is 27.3 Å². The van der Waals surface area contributed by atoms with Gasteiger partial charge in [-0.15, -0.1) is 0 Å². The zero-order valence-electron chi connectivity index (χ0n) is 16.4. The number of sulfonamides is 1. The van der Waals surface area contributed by atoms with E-state index in [1.165, 1.54) is 12.0 Å². The molecule has 0 fully saturated rings. The van der Waals surface area contributed by atoms with Crippen molar-refractivity contribution in [1.82, 2.24) is 0 Å². The zero-order valence-corrected chi connectivity index (χ0v) is 17.2. The number of benzene rings is 2. The number of hydrogen-bond acceptors (Lipinski definition) is 5. The maximum Gasteiger partial charge on any atom is 0.237 e. The Hall–Kier alpha value is -2.74. The highest BCUT2D eigenvalue weighted by atomic mass is 32.2. The van der Waals surface area contributed by atoms with Gasteiger partial charge >= 0.3 is 0 Å². The van der Waals surface area contributed by atoms with Crippen LogP contribution in [0.25, 0.3) is 0 Å². The number of carbonyl (C=O) groups is 1. The Morgan fingerprint density at radius 1 is 1.21 bits per heavy atom. The van der Waals surface area contributed by atoms with Gasteiger partial charge < -0.3 is 14.4 Å². The largest absolute Gasteiger partial charge is 0.496 e. The summed E-state index contributed by atoms with van der Waals surface area (Å²) >= 11 is 0. The van der Waals surface area contributed by atoms with E-state index < -0.39 is 15.4 Å². The standard InChI is InChI=1S/C20H24N2O5S/c1-20(2)13-27-18-11-15(9-10-16(18)22(3)19(20)23)21-28(24,25)12-14-7-5-6-8-17(14)26-4/h5-11,21H,12-13H2,1-4H3. The van der Waals surface area contributed by atoms with Crippen LogP contribution in [-0.2, 0) is 20.6 Å². The van der Waals surface area contributed by atoms with Crippen LogP contribution in [0.5, 0.6) is 11.5 Å². The normalized spacial score (nSPS) is 16.0. The second-order valence-corrected chi connectivity index (χ2v) is 9.11. The molecule has 7 nitrogen and oxygen atoms in total. The number of anilines is 2. The lowest BCUT2D eigenvalue weighted by Gasteiger charge is -2.24. The van der Waals surface area contributed by atoms with Crippen molar-refractivity contribution in [3.8, 4) is 11.5 Å². The lowest BCUT2D eigenvalue weighted by atomic mass is 9.93. The van der Waals surface area contributed by atoms with Gasteiger partial charge in [-0.2, -0.15) is 0 Å². The number of nitrogens with zero attached hydrogens (tertiary/aromatic N) is 1. The van der Waals surface area contributed by atoms with Crippen molar-refractivity contribution in [3.05, 3.63) is 48.0 Å². The molecule has 0 unspecified atom stereocenters. The Labute approximate surface area is 165 Å². The van der Waals surface area contributed by atoms with Crippen LogP contribution in [0.15, 0.2) is 42.5 Å². The van der Waals surface area contributed by atoms with Gasteiger partial charge in [0.2, 0.25) is 15.9 Å². The van der Waals surface area contributed by atoms with Crippen LogP contribution in [0.4, 0.5) is 11.4 Å². The minimum absolute atomic E-state index is 0.0595. The van der Waals surface area contributed by atoms with Gasteiger partial charge in [-0.05, 0) is 32.0 Å². The van der Waals surface area contributed by atoms with Gasteiger partial charge in [-0.25, -0.2) is 8.42 Å². The third kappa shape index (κ3) is 4.06. The molecular formula is C20H24N2O5S. The Balaban J connectivity index is 1.84. The number of rotatable bonds is 5. The molecule has 1 amide bonds. The number of amides is 1. The Bertz CT molecular complexity index is 1000. The van der Waals surface area contributed by atoms with Crippen LogP contribution in [0.3, 0.4) is 0 Å². The van der Waals surface area contributed by atoms with E-state index in [-0.39, 0.29) is 18.3 Å². The lowest BCUT2D eigenvalue weighted by molar-refractivity contribution is -0.127. The first-order valence-electron chi connectivity index (χ1n) is 8.80. The molecule has 0 radical (unpaired) electrons. The van der Waals surface area contributed by atoms with E-state index in [0.717, 1.165) is 0 Å². The Morgan fingerprint density at radius 2 is 1.93 bits per heavy atom. The van der Waals surface area contributed by atoms with Crippen molar-refractivity contribution in [3.63, 3.8) is 0 Å². The average Bonchev–Trinajstić information content (AvgIpc) is 2.72. The second-order valence-electron chi connectivity index (χ2n) is 7.39. The first-order valence-corrected chi connectivity index (χ1v) is 10.5. The average molecular weight is 404 g/mol. The van der Waals surface area contributed by atoms with Gasteiger partial charge in [-0.3, -0.25) is 9.52 Å². The minimum atomic E-state index is -3.67. The fraction of sp³-hybridized carbons (Fsp3) is 0.350. The van der Waals surface area contributed by atoms with Crippen molar-refractivity contribution in [2.75, 3.05) is 30.4 Å². The lowest BCUT2D eigenvalue weighted by Crippen LogP contribution is -2.39. The summed E-state index contributed by atoms with van der Waals surface area (Å²) in [5.74, 6) is 0.690. The third-order valence-electron chi connectivity index (χ3n) is 4.60. The fourth-order valence-electron chi connectivity index (χ4n) is 3.10. The van der Waals surface area contributed by atoms with Gasteiger partial charge in [0, 0.05) is 18.7 Å². The summed E-state index contributed by atoms with van der Waals surface area (Å²) in [6, 6.07) is 11.9. The summed E-state index contributed by atoms with van der Waals surface area (Å²) < 4.78 is 38.8. The van der Waals surface area contributed by atoms with Gasteiger partial charge in [0.05, 0.1) is 29.7 Å². The minimum Gasteiger partial charge on any atom is -0.496 e. The smallest absolute Gasteiger partial charge is 0.237 e. The summed E-state index contributed by atoms with van der Waals surface area (Å²) in [6.07, 6.45) is 0. The van der Waals surface area contributed by atoms with Crippen LogP contribution < -0.4 is 19.1 Å². The predicted octanol–water partition coefficient (Wildman–Crippen LogP) is 3.02. The summed E-state index contributed by atoms with van der Waals surface area (Å²) in [7, 11) is -0.484. The van der Waals surface area contributed by atoms with E-state index in [4.69, 9.17) is 9.47 Å². The maximum absolute atomic E-state index is 12.6. The van der Waals surface area contributed by atoms with Crippen molar-refractivity contribution in [2.45, 2.75) is 19.6 Å². The van der Waals surface area contributed by atoms with Gasteiger partial charge in [0.25, 0.3) is 0 Å². The number of para-hydroxylation sites is 1. The SMILES string of the molecule is COc1ccccc1CS(=O)(=O)Nc1ccc2c(c1)OCC(C)(C)C(=O)N2C. The quantitative estimate of drug-likeness (QED) is 0.828. The van der Waals surface area contributed by atoms with Gasteiger partial charge in [0.15, 0.2) is 0 Å². The molecule has 0 aliphatic carbocycles. The van der Waals surface area contributed by atoms with Gasteiger partial charge in [-0.1, -0.05) is 18.2 Å². The molecule has 2 aromatic carbocycles. The van der Waals surface area contributed by atoms with Crippen LogP contribution >= 0.6 is 0 Å². The van der Waals surface area contributed by atoms with Crippen molar-refractivity contribution in [1.29, 1.82) is 0 Å². The molecule has 0 saturated heterocycles. The molecule has 0 bridgehead atoms. The zero-order chi connectivity index (χ0) is 20.5. The highest BCUT2D eigenvalue weighted by Gasteiger charge is 2.36. The highest BCUT2D eigenvalue weighted by Crippen LogP contribution is 2.37. The predicted molar refractivity (Wildman–Crippen MR) is 108 cm³/mol. The number of carbonyl (C=O) groups excluding carboxylic acids is 1. The van der Waals surface area contributed by atoms with E-state index in [1.807, 2.05) is 13.8 Å². The molecule has 0 saturated carbocycles. The molecule has 1 N–H and O–H groups in total. The van der Waals surface area contributed by atoms with Gasteiger partial charge in [0.1, 0.15) is 18.1 Å². The summed E-state index contributed by atoms with van der Waals surface area (Å²) in [5, 5.41) is 0. The molecule has 1 heterocycles. The Morgan fingerprint density at radius 3 is 2.64 bits per heavy atom. The molecular weight excluding hydrogens is 380 g/mol. The van der Waals surface area contributed by atoms with E-state index >= 15 is 0 Å². The molecule has 28 heavy (non-hydrogen) atoms. The molecule has 1 aliphatic rings. The topological polar surface area (TPSA) is 84.9 Å². The van der Waals surface area contributed by atoms with Crippen LogP contribution in [0, 0.1) is 5.41 Å². The fourth-order valence-corrected chi connectivity index (χ4v) is 4.30. The van der Waals surface area contributed by atoms with Crippen molar-refractivity contribution in [2.24, 2.45) is 5.41 Å². The third-order valence-corrected chi connectivity index (χ3v) is 5.84. The number of fused-ring (bicyclic) bond motifs is 1. The van der Waals surface area contributed by atoms with Crippen LogP contribution in [-0.4, -0.2) is 35.1 Å². The highest BCUT2D eigenvalue weighted by molar-refractivity contribution is 7.91. The molecule has 2 aromatic rings. The monoisotopic (exact) mass is 404 g/mol. The van der Waals surface area contributed by atoms with E-state index in [2.05, 4.69) is 4.72 Å². The number of methoxy groups -OCH3 is 1. The summed E-state index contributed by atoms with van der Waals surface area (Å²) in [4.78, 5) is 14.1. The molecule has 3 rings (SSSR count). The van der Waals surface area contributed by atoms with E-state index in [0.29, 0.717) is 28.4 Å². The molecule has 0 atom stereocenters. The first-order chi connectivity index (χ1) is 13.1. The molecule has 150 valence electrons. The maximum atomic E-state index is 12.6. The second kappa shape index (κ2) is 7.35. The first kappa shape index (κ1) is 20.0. The number of hydrogen-bond donors (Lipinski definition) is 1. The number of ether oxygens (including phenoxy) is 2. The number of nitrogens with one attached hydrogen (secondary N) is 1. The summed E-state index contributed by atoms with van der Waals surface area (Å²) in [6.45, 7) is 3.84. The van der Waals surface area contributed by atoms with Crippen LogP contribution in [0.2, 0.25) is 0 Å². The molecule has 8 heteroatoms.